The van der Waals surface area contributed by atoms with Gasteiger partial charge in [0.1, 0.15) is 6.61 Å². The number of amides is 1. The van der Waals surface area contributed by atoms with E-state index in [1.54, 1.807) is 13.2 Å². The fourth-order valence-electron chi connectivity index (χ4n) is 2.16. The molecule has 0 aliphatic rings. The van der Waals surface area contributed by atoms with Crippen molar-refractivity contribution < 1.29 is 14.6 Å². The van der Waals surface area contributed by atoms with Crippen LogP contribution in [0.2, 0.25) is 0 Å². The molecule has 0 aliphatic carbocycles. The second-order valence-electron chi connectivity index (χ2n) is 4.59. The van der Waals surface area contributed by atoms with E-state index in [0.29, 0.717) is 18.0 Å². The van der Waals surface area contributed by atoms with Gasteiger partial charge in [-0.15, -0.1) is 11.3 Å². The van der Waals surface area contributed by atoms with Crippen molar-refractivity contribution in [2.45, 2.75) is 32.7 Å². The molecule has 0 fully saturated rings. The number of rotatable bonds is 7. The first-order chi connectivity index (χ1) is 10.2. The summed E-state index contributed by atoms with van der Waals surface area (Å²) in [5.41, 5.74) is 0. The fraction of sp³-hybridized carbons (Fsp3) is 0.562. The summed E-state index contributed by atoms with van der Waals surface area (Å²) < 4.78 is 5.12. The molecule has 1 aromatic rings. The molecule has 0 aromatic carbocycles. The number of carbonyl (C=O) groups is 1. The maximum atomic E-state index is 12.7. The number of methoxy groups -OCH3 is 1. The third kappa shape index (κ3) is 5.16. The molecule has 0 atom stereocenters. The Labute approximate surface area is 130 Å². The van der Waals surface area contributed by atoms with Crippen molar-refractivity contribution in [1.29, 1.82) is 0 Å². The first-order valence-corrected chi connectivity index (χ1v) is 7.99. The van der Waals surface area contributed by atoms with Crippen LogP contribution in [0.25, 0.3) is 0 Å². The number of hydrogen-bond donors (Lipinski definition) is 1. The summed E-state index contributed by atoms with van der Waals surface area (Å²) in [5, 5.41) is 8.71. The van der Waals surface area contributed by atoms with Crippen molar-refractivity contribution in [2.24, 2.45) is 0 Å². The van der Waals surface area contributed by atoms with E-state index in [2.05, 4.69) is 25.7 Å². The summed E-state index contributed by atoms with van der Waals surface area (Å²) >= 11 is 1.36. The van der Waals surface area contributed by atoms with Gasteiger partial charge in [0.15, 0.2) is 0 Å². The lowest BCUT2D eigenvalue weighted by atomic mass is 10.1. The lowest BCUT2D eigenvalue weighted by Crippen LogP contribution is -2.41. The molecule has 0 aliphatic heterocycles. The van der Waals surface area contributed by atoms with E-state index in [1.807, 2.05) is 11.0 Å². The van der Waals surface area contributed by atoms with Gasteiger partial charge in [0.25, 0.3) is 5.91 Å². The molecule has 0 spiro atoms. The molecule has 1 N–H and O–H groups in total. The number of nitrogens with zero attached hydrogens (tertiary/aromatic N) is 1. The molecule has 21 heavy (non-hydrogen) atoms. The Bertz CT molecular complexity index is 497. The van der Waals surface area contributed by atoms with Crippen molar-refractivity contribution in [3.63, 3.8) is 0 Å². The van der Waals surface area contributed by atoms with E-state index in [0.717, 1.165) is 17.7 Å². The van der Waals surface area contributed by atoms with Gasteiger partial charge in [-0.25, -0.2) is 0 Å². The highest BCUT2D eigenvalue weighted by molar-refractivity contribution is 7.14. The van der Waals surface area contributed by atoms with E-state index in [9.17, 15) is 4.79 Å². The van der Waals surface area contributed by atoms with E-state index in [4.69, 9.17) is 9.84 Å². The predicted molar refractivity (Wildman–Crippen MR) is 85.6 cm³/mol. The Kier molecular flexibility index (Phi) is 8.06. The average molecular weight is 309 g/mol. The quantitative estimate of drug-likeness (QED) is 0.787. The number of carbonyl (C=O) groups excluding carboxylic acids is 1. The van der Waals surface area contributed by atoms with Gasteiger partial charge in [0.2, 0.25) is 0 Å². The Morgan fingerprint density at radius 1 is 1.43 bits per heavy atom. The zero-order valence-corrected chi connectivity index (χ0v) is 13.7. The summed E-state index contributed by atoms with van der Waals surface area (Å²) in [6.07, 6.45) is 1.85. The van der Waals surface area contributed by atoms with Crippen LogP contribution in [0.4, 0.5) is 0 Å². The minimum atomic E-state index is -0.172. The zero-order chi connectivity index (χ0) is 15.7. The van der Waals surface area contributed by atoms with E-state index in [1.165, 1.54) is 11.3 Å². The minimum Gasteiger partial charge on any atom is -0.384 e. The number of aliphatic hydroxyl groups excluding tert-OH is 1. The standard InChI is InChI=1S/C16H23NO3S/c1-4-13(5-2)17(10-12-20-3)16(19)15-9-8-14(21-15)7-6-11-18/h8-9,13,18H,4-5,10-12H2,1-3H3. The molecule has 0 radical (unpaired) electrons. The molecule has 0 saturated carbocycles. The molecule has 116 valence electrons. The molecule has 5 heteroatoms. The van der Waals surface area contributed by atoms with Gasteiger partial charge in [-0.3, -0.25) is 4.79 Å². The SMILES string of the molecule is CCC(CC)N(CCOC)C(=O)c1ccc(C#CCO)s1. The second-order valence-corrected chi connectivity index (χ2v) is 5.67. The van der Waals surface area contributed by atoms with Crippen LogP contribution in [0.1, 0.15) is 41.2 Å². The molecule has 0 unspecified atom stereocenters. The highest BCUT2D eigenvalue weighted by Crippen LogP contribution is 2.20. The predicted octanol–water partition coefficient (Wildman–Crippen LogP) is 2.37. The molecule has 1 heterocycles. The maximum absolute atomic E-state index is 12.7. The van der Waals surface area contributed by atoms with E-state index in [-0.39, 0.29) is 18.6 Å². The van der Waals surface area contributed by atoms with Crippen LogP contribution in [-0.4, -0.2) is 48.8 Å². The number of thiophene rings is 1. The van der Waals surface area contributed by atoms with Crippen LogP contribution in [-0.2, 0) is 4.74 Å². The number of ether oxygens (including phenoxy) is 1. The normalized spacial score (nSPS) is 10.3. The van der Waals surface area contributed by atoms with Crippen molar-refractivity contribution in [3.05, 3.63) is 21.9 Å². The van der Waals surface area contributed by atoms with Gasteiger partial charge in [-0.1, -0.05) is 25.7 Å². The largest absolute Gasteiger partial charge is 0.384 e. The average Bonchev–Trinajstić information content (AvgIpc) is 2.97. The Morgan fingerprint density at radius 2 is 2.14 bits per heavy atom. The number of aliphatic hydroxyl groups is 1. The minimum absolute atomic E-state index is 0.0304. The van der Waals surface area contributed by atoms with Crippen molar-refractivity contribution in [1.82, 2.24) is 4.90 Å². The summed E-state index contributed by atoms with van der Waals surface area (Å²) in [6, 6.07) is 3.85. The molecular weight excluding hydrogens is 286 g/mol. The molecule has 4 nitrogen and oxygen atoms in total. The summed E-state index contributed by atoms with van der Waals surface area (Å²) in [7, 11) is 1.64. The second kappa shape index (κ2) is 9.56. The van der Waals surface area contributed by atoms with Gasteiger partial charge < -0.3 is 14.7 Å². The van der Waals surface area contributed by atoms with Crippen LogP contribution in [0.3, 0.4) is 0 Å². The van der Waals surface area contributed by atoms with Crippen LogP contribution >= 0.6 is 11.3 Å². The molecule has 0 bridgehead atoms. The van der Waals surface area contributed by atoms with Gasteiger partial charge in [-0.05, 0) is 25.0 Å². The van der Waals surface area contributed by atoms with E-state index >= 15 is 0 Å². The first kappa shape index (κ1) is 17.7. The van der Waals surface area contributed by atoms with Crippen molar-refractivity contribution in [2.75, 3.05) is 26.9 Å². The molecule has 1 aromatic heterocycles. The van der Waals surface area contributed by atoms with Crippen molar-refractivity contribution >= 4 is 17.2 Å². The third-order valence-electron chi connectivity index (χ3n) is 3.29. The summed E-state index contributed by atoms with van der Waals surface area (Å²) in [4.78, 5) is 16.0. The van der Waals surface area contributed by atoms with Gasteiger partial charge in [0.05, 0.1) is 16.4 Å². The van der Waals surface area contributed by atoms with Crippen LogP contribution < -0.4 is 0 Å². The van der Waals surface area contributed by atoms with Gasteiger partial charge in [-0.2, -0.15) is 0 Å². The summed E-state index contributed by atoms with van der Waals surface area (Å²) in [6.45, 7) is 5.14. The lowest BCUT2D eigenvalue weighted by Gasteiger charge is -2.30. The Balaban J connectivity index is 2.90. The monoisotopic (exact) mass is 309 g/mol. The first-order valence-electron chi connectivity index (χ1n) is 7.17. The van der Waals surface area contributed by atoms with Crippen LogP contribution in [0.15, 0.2) is 12.1 Å². The fourth-order valence-corrected chi connectivity index (χ4v) is 2.99. The topological polar surface area (TPSA) is 49.8 Å². The Morgan fingerprint density at radius 3 is 2.71 bits per heavy atom. The third-order valence-corrected chi connectivity index (χ3v) is 4.28. The van der Waals surface area contributed by atoms with E-state index < -0.39 is 0 Å². The smallest absolute Gasteiger partial charge is 0.264 e. The van der Waals surface area contributed by atoms with Crippen LogP contribution in [0, 0.1) is 11.8 Å². The summed E-state index contributed by atoms with van der Waals surface area (Å²) in [5.74, 6) is 5.46. The number of hydrogen-bond acceptors (Lipinski definition) is 4. The zero-order valence-electron chi connectivity index (χ0n) is 12.9. The molecule has 1 amide bonds. The maximum Gasteiger partial charge on any atom is 0.264 e. The Hall–Kier alpha value is -1.35. The van der Waals surface area contributed by atoms with Crippen molar-refractivity contribution in [3.8, 4) is 11.8 Å². The molecule has 1 rings (SSSR count). The molecular formula is C16H23NO3S. The lowest BCUT2D eigenvalue weighted by molar-refractivity contribution is 0.0594. The van der Waals surface area contributed by atoms with Crippen LogP contribution in [0.5, 0.6) is 0 Å². The molecule has 0 saturated heterocycles. The van der Waals surface area contributed by atoms with Gasteiger partial charge in [0, 0.05) is 19.7 Å². The highest BCUT2D eigenvalue weighted by atomic mass is 32.1. The van der Waals surface area contributed by atoms with Gasteiger partial charge >= 0.3 is 0 Å². The highest BCUT2D eigenvalue weighted by Gasteiger charge is 2.23.